The Bertz CT molecular complexity index is 517. The van der Waals surface area contributed by atoms with Crippen LogP contribution in [0.15, 0.2) is 52.3 Å². The van der Waals surface area contributed by atoms with Gasteiger partial charge in [-0.05, 0) is 56.3 Å². The number of hydrogen-bond donors (Lipinski definition) is 1. The maximum atomic E-state index is 3.19. The van der Waals surface area contributed by atoms with Crippen molar-refractivity contribution in [2.24, 2.45) is 0 Å². The molecular formula is C16H19NS. The molecule has 1 nitrogen and oxygen atoms in total. The van der Waals surface area contributed by atoms with Gasteiger partial charge in [0.15, 0.2) is 0 Å². The highest BCUT2D eigenvalue weighted by Gasteiger charge is 2.01. The van der Waals surface area contributed by atoms with Crippen LogP contribution in [-0.4, -0.2) is 7.05 Å². The van der Waals surface area contributed by atoms with E-state index in [1.807, 2.05) is 18.8 Å². The van der Waals surface area contributed by atoms with Crippen LogP contribution < -0.4 is 5.32 Å². The van der Waals surface area contributed by atoms with Crippen molar-refractivity contribution in [2.45, 2.75) is 30.2 Å². The van der Waals surface area contributed by atoms with Crippen LogP contribution >= 0.6 is 11.8 Å². The van der Waals surface area contributed by atoms with Gasteiger partial charge in [0.05, 0.1) is 0 Å². The van der Waals surface area contributed by atoms with E-state index in [1.165, 1.54) is 26.5 Å². The highest BCUT2D eigenvalue weighted by molar-refractivity contribution is 7.99. The Balaban J connectivity index is 2.14. The molecule has 2 heteroatoms. The molecule has 1 N–H and O–H groups in total. The summed E-state index contributed by atoms with van der Waals surface area (Å²) in [4.78, 5) is 2.59. The van der Waals surface area contributed by atoms with Gasteiger partial charge in [0.2, 0.25) is 0 Å². The molecule has 2 aromatic carbocycles. The second-order valence-corrected chi connectivity index (χ2v) is 5.68. The summed E-state index contributed by atoms with van der Waals surface area (Å²) in [7, 11) is 1.98. The van der Waals surface area contributed by atoms with Crippen LogP contribution in [0.4, 0.5) is 0 Å². The summed E-state index contributed by atoms with van der Waals surface area (Å²) in [6, 6.07) is 15.3. The summed E-state index contributed by atoms with van der Waals surface area (Å²) in [6.07, 6.45) is 0. The average molecular weight is 257 g/mol. The van der Waals surface area contributed by atoms with E-state index in [0.717, 1.165) is 6.54 Å². The maximum absolute atomic E-state index is 3.19. The topological polar surface area (TPSA) is 12.0 Å². The quantitative estimate of drug-likeness (QED) is 0.882. The molecule has 0 atom stereocenters. The molecule has 0 fully saturated rings. The van der Waals surface area contributed by atoms with Gasteiger partial charge in [0.1, 0.15) is 0 Å². The summed E-state index contributed by atoms with van der Waals surface area (Å²) < 4.78 is 0. The molecule has 0 radical (unpaired) electrons. The van der Waals surface area contributed by atoms with Crippen molar-refractivity contribution >= 4 is 11.8 Å². The Morgan fingerprint density at radius 3 is 2.22 bits per heavy atom. The second-order valence-electron chi connectivity index (χ2n) is 4.53. The van der Waals surface area contributed by atoms with Crippen LogP contribution in [0.5, 0.6) is 0 Å². The number of rotatable bonds is 4. The van der Waals surface area contributed by atoms with Crippen molar-refractivity contribution < 1.29 is 0 Å². The van der Waals surface area contributed by atoms with Crippen LogP contribution in [0.1, 0.15) is 16.7 Å². The highest BCUT2D eigenvalue weighted by Crippen LogP contribution is 2.29. The Hall–Kier alpha value is -1.25. The van der Waals surface area contributed by atoms with Gasteiger partial charge in [0.25, 0.3) is 0 Å². The zero-order valence-electron chi connectivity index (χ0n) is 11.2. The van der Waals surface area contributed by atoms with Crippen molar-refractivity contribution in [3.63, 3.8) is 0 Å². The van der Waals surface area contributed by atoms with Gasteiger partial charge >= 0.3 is 0 Å². The van der Waals surface area contributed by atoms with E-state index in [2.05, 4.69) is 61.6 Å². The van der Waals surface area contributed by atoms with Crippen LogP contribution in [0.2, 0.25) is 0 Å². The van der Waals surface area contributed by atoms with E-state index in [9.17, 15) is 0 Å². The molecule has 18 heavy (non-hydrogen) atoms. The fourth-order valence-corrected chi connectivity index (χ4v) is 2.78. The van der Waals surface area contributed by atoms with Gasteiger partial charge in [-0.1, -0.05) is 35.5 Å². The van der Waals surface area contributed by atoms with E-state index in [4.69, 9.17) is 0 Å². The first-order valence-electron chi connectivity index (χ1n) is 6.17. The SMILES string of the molecule is CNCc1ccc(Sc2ccc(C)cc2)cc1C. The highest BCUT2D eigenvalue weighted by atomic mass is 32.2. The van der Waals surface area contributed by atoms with Gasteiger partial charge in [-0.15, -0.1) is 0 Å². The van der Waals surface area contributed by atoms with E-state index in [-0.39, 0.29) is 0 Å². The molecule has 0 unspecified atom stereocenters. The molecule has 0 aromatic heterocycles. The van der Waals surface area contributed by atoms with Gasteiger partial charge in [-0.3, -0.25) is 0 Å². The van der Waals surface area contributed by atoms with Gasteiger partial charge in [-0.2, -0.15) is 0 Å². The average Bonchev–Trinajstić information content (AvgIpc) is 2.36. The van der Waals surface area contributed by atoms with Crippen molar-refractivity contribution in [2.75, 3.05) is 7.05 Å². The molecule has 0 aliphatic heterocycles. The maximum Gasteiger partial charge on any atom is 0.0205 e. The summed E-state index contributed by atoms with van der Waals surface area (Å²) >= 11 is 1.82. The van der Waals surface area contributed by atoms with Crippen LogP contribution in [0.3, 0.4) is 0 Å². The smallest absolute Gasteiger partial charge is 0.0205 e. The lowest BCUT2D eigenvalue weighted by atomic mass is 10.1. The molecule has 0 aliphatic rings. The third-order valence-corrected chi connectivity index (χ3v) is 3.94. The Morgan fingerprint density at radius 1 is 0.944 bits per heavy atom. The van der Waals surface area contributed by atoms with E-state index < -0.39 is 0 Å². The zero-order valence-corrected chi connectivity index (χ0v) is 12.0. The minimum atomic E-state index is 0.932. The fourth-order valence-electron chi connectivity index (χ4n) is 1.86. The standard InChI is InChI=1S/C16H19NS/c1-12-4-7-15(8-5-12)18-16-9-6-14(11-17-3)13(2)10-16/h4-10,17H,11H2,1-3H3. The minimum Gasteiger partial charge on any atom is -0.316 e. The van der Waals surface area contributed by atoms with Crippen LogP contribution in [0.25, 0.3) is 0 Å². The van der Waals surface area contributed by atoms with Crippen LogP contribution in [-0.2, 0) is 6.54 Å². The lowest BCUT2D eigenvalue weighted by Crippen LogP contribution is -2.06. The summed E-state index contributed by atoms with van der Waals surface area (Å²) in [6.45, 7) is 5.22. The minimum absolute atomic E-state index is 0.932. The van der Waals surface area contributed by atoms with Crippen LogP contribution in [0, 0.1) is 13.8 Å². The normalized spacial score (nSPS) is 10.6. The number of benzene rings is 2. The lowest BCUT2D eigenvalue weighted by Gasteiger charge is -2.08. The molecule has 2 aromatic rings. The van der Waals surface area contributed by atoms with Crippen molar-refractivity contribution in [3.05, 3.63) is 59.2 Å². The van der Waals surface area contributed by atoms with Gasteiger partial charge in [-0.25, -0.2) is 0 Å². The molecule has 0 saturated heterocycles. The Morgan fingerprint density at radius 2 is 1.61 bits per heavy atom. The molecule has 0 heterocycles. The Kier molecular flexibility index (Phi) is 4.45. The fraction of sp³-hybridized carbons (Fsp3) is 0.250. The number of hydrogen-bond acceptors (Lipinski definition) is 2. The molecule has 94 valence electrons. The first kappa shape index (κ1) is 13.2. The summed E-state index contributed by atoms with van der Waals surface area (Å²) in [5.74, 6) is 0. The van der Waals surface area contributed by atoms with Gasteiger partial charge in [0, 0.05) is 16.3 Å². The molecule has 0 saturated carbocycles. The third-order valence-electron chi connectivity index (χ3n) is 2.94. The third kappa shape index (κ3) is 3.37. The van der Waals surface area contributed by atoms with Crippen molar-refractivity contribution in [1.82, 2.24) is 5.32 Å². The number of aryl methyl sites for hydroxylation is 2. The van der Waals surface area contributed by atoms with Gasteiger partial charge < -0.3 is 5.32 Å². The number of nitrogens with one attached hydrogen (secondary N) is 1. The van der Waals surface area contributed by atoms with E-state index in [1.54, 1.807) is 0 Å². The lowest BCUT2D eigenvalue weighted by molar-refractivity contribution is 0.811. The first-order valence-corrected chi connectivity index (χ1v) is 6.99. The molecule has 0 bridgehead atoms. The predicted molar refractivity (Wildman–Crippen MR) is 79.2 cm³/mol. The van der Waals surface area contributed by atoms with Crippen molar-refractivity contribution in [3.8, 4) is 0 Å². The predicted octanol–water partition coefficient (Wildman–Crippen LogP) is 4.17. The monoisotopic (exact) mass is 257 g/mol. The molecule has 0 amide bonds. The Labute approximate surface area is 114 Å². The molecule has 0 aliphatic carbocycles. The molecule has 2 rings (SSSR count). The summed E-state index contributed by atoms with van der Waals surface area (Å²) in [5, 5.41) is 3.19. The zero-order chi connectivity index (χ0) is 13.0. The first-order chi connectivity index (χ1) is 8.69. The molecule has 0 spiro atoms. The summed E-state index contributed by atoms with van der Waals surface area (Å²) in [5.41, 5.74) is 4.02. The second kappa shape index (κ2) is 6.07. The van der Waals surface area contributed by atoms with Crippen molar-refractivity contribution in [1.29, 1.82) is 0 Å². The largest absolute Gasteiger partial charge is 0.316 e. The van der Waals surface area contributed by atoms with E-state index >= 15 is 0 Å². The molecular weight excluding hydrogens is 238 g/mol. The van der Waals surface area contributed by atoms with E-state index in [0.29, 0.717) is 0 Å².